The predicted octanol–water partition coefficient (Wildman–Crippen LogP) is 3.53. The Kier molecular flexibility index (Phi) is 5.20. The third kappa shape index (κ3) is 4.24. The van der Waals surface area contributed by atoms with E-state index in [0.717, 1.165) is 9.32 Å². The van der Waals surface area contributed by atoms with Crippen LogP contribution in [-0.2, 0) is 4.74 Å². The molecule has 0 aliphatic carbocycles. The van der Waals surface area contributed by atoms with Gasteiger partial charge in [-0.15, -0.1) is 0 Å². The van der Waals surface area contributed by atoms with E-state index in [9.17, 15) is 4.79 Å². The number of esters is 1. The molecule has 0 radical (unpaired) electrons. The summed E-state index contributed by atoms with van der Waals surface area (Å²) in [7, 11) is 0. The van der Waals surface area contributed by atoms with Crippen LogP contribution in [0.4, 0.5) is 0 Å². The van der Waals surface area contributed by atoms with Crippen LogP contribution >= 0.6 is 22.6 Å². The molecule has 0 saturated carbocycles. The number of rotatable bonds is 5. The van der Waals surface area contributed by atoms with Gasteiger partial charge in [0.15, 0.2) is 0 Å². The lowest BCUT2D eigenvalue weighted by molar-refractivity contribution is 0.0449. The van der Waals surface area contributed by atoms with Crippen molar-refractivity contribution in [2.75, 3.05) is 13.2 Å². The van der Waals surface area contributed by atoms with E-state index < -0.39 is 0 Å². The van der Waals surface area contributed by atoms with Gasteiger partial charge in [0.1, 0.15) is 19.0 Å². The van der Waals surface area contributed by atoms with Gasteiger partial charge in [0.25, 0.3) is 0 Å². The van der Waals surface area contributed by atoms with Gasteiger partial charge in [0.05, 0.1) is 5.56 Å². The van der Waals surface area contributed by atoms with Crippen molar-refractivity contribution in [2.24, 2.45) is 0 Å². The molecule has 0 spiro atoms. The van der Waals surface area contributed by atoms with Gasteiger partial charge in [-0.1, -0.05) is 30.3 Å². The molecule has 0 heterocycles. The molecule has 4 heteroatoms. The molecule has 3 nitrogen and oxygen atoms in total. The van der Waals surface area contributed by atoms with E-state index in [1.165, 1.54) is 0 Å². The zero-order valence-corrected chi connectivity index (χ0v) is 12.4. The van der Waals surface area contributed by atoms with Crippen LogP contribution in [0.3, 0.4) is 0 Å². The Bertz CT molecular complexity index is 540. The summed E-state index contributed by atoms with van der Waals surface area (Å²) < 4.78 is 11.5. The molecule has 0 N–H and O–H groups in total. The first kappa shape index (κ1) is 13.9. The van der Waals surface area contributed by atoms with Crippen molar-refractivity contribution in [3.8, 4) is 5.75 Å². The van der Waals surface area contributed by atoms with Gasteiger partial charge in [0, 0.05) is 3.57 Å². The Morgan fingerprint density at radius 1 is 0.947 bits per heavy atom. The Morgan fingerprint density at radius 2 is 1.63 bits per heavy atom. The number of benzene rings is 2. The molecule has 19 heavy (non-hydrogen) atoms. The Balaban J connectivity index is 1.77. The van der Waals surface area contributed by atoms with E-state index in [-0.39, 0.29) is 12.6 Å². The molecule has 0 atom stereocenters. The average molecular weight is 368 g/mol. The Labute approximate surface area is 125 Å². The van der Waals surface area contributed by atoms with Crippen LogP contribution in [0.2, 0.25) is 0 Å². The van der Waals surface area contributed by atoms with Crippen molar-refractivity contribution in [2.45, 2.75) is 0 Å². The molecule has 0 amide bonds. The lowest BCUT2D eigenvalue weighted by atomic mass is 10.2. The molecule has 0 bridgehead atoms. The van der Waals surface area contributed by atoms with E-state index in [1.807, 2.05) is 48.5 Å². The average Bonchev–Trinajstić information content (AvgIpc) is 2.45. The maximum atomic E-state index is 11.8. The van der Waals surface area contributed by atoms with E-state index in [0.29, 0.717) is 12.2 Å². The van der Waals surface area contributed by atoms with Crippen molar-refractivity contribution in [3.63, 3.8) is 0 Å². The fraction of sp³-hybridized carbons (Fsp3) is 0.133. The van der Waals surface area contributed by atoms with Gasteiger partial charge in [-0.25, -0.2) is 4.79 Å². The quantitative estimate of drug-likeness (QED) is 0.460. The summed E-state index contributed by atoms with van der Waals surface area (Å²) >= 11 is 2.11. The summed E-state index contributed by atoms with van der Waals surface area (Å²) in [6.45, 7) is 0.581. The van der Waals surface area contributed by atoms with Gasteiger partial charge < -0.3 is 9.47 Å². The molecule has 2 rings (SSSR count). The maximum absolute atomic E-state index is 11.8. The molecular formula is C15H13IO3. The van der Waals surface area contributed by atoms with Crippen LogP contribution in [0.15, 0.2) is 54.6 Å². The van der Waals surface area contributed by atoms with Gasteiger partial charge in [-0.05, 0) is 46.9 Å². The zero-order chi connectivity index (χ0) is 13.5. The van der Waals surface area contributed by atoms with Gasteiger partial charge in [0.2, 0.25) is 0 Å². The van der Waals surface area contributed by atoms with Crippen molar-refractivity contribution in [1.82, 2.24) is 0 Å². The topological polar surface area (TPSA) is 35.5 Å². The fourth-order valence-corrected chi connectivity index (χ4v) is 2.12. The summed E-state index contributed by atoms with van der Waals surface area (Å²) in [5.41, 5.74) is 0.586. The number of hydrogen-bond donors (Lipinski definition) is 0. The minimum Gasteiger partial charge on any atom is -0.490 e. The summed E-state index contributed by atoms with van der Waals surface area (Å²) in [4.78, 5) is 11.8. The monoisotopic (exact) mass is 368 g/mol. The van der Waals surface area contributed by atoms with Crippen molar-refractivity contribution < 1.29 is 14.3 Å². The highest BCUT2D eigenvalue weighted by atomic mass is 127. The minimum absolute atomic E-state index is 0.235. The smallest absolute Gasteiger partial charge is 0.339 e. The molecule has 0 unspecified atom stereocenters. The molecule has 98 valence electrons. The molecule has 2 aromatic carbocycles. The molecule has 0 aliphatic rings. The third-order valence-corrected chi connectivity index (χ3v) is 3.36. The second kappa shape index (κ2) is 7.13. The molecular weight excluding hydrogens is 355 g/mol. The van der Waals surface area contributed by atoms with Gasteiger partial charge >= 0.3 is 5.97 Å². The van der Waals surface area contributed by atoms with Crippen LogP contribution in [0.25, 0.3) is 0 Å². The van der Waals surface area contributed by atoms with Crippen molar-refractivity contribution in [1.29, 1.82) is 0 Å². The van der Waals surface area contributed by atoms with E-state index in [1.54, 1.807) is 6.07 Å². The molecule has 0 aliphatic heterocycles. The van der Waals surface area contributed by atoms with Crippen LogP contribution in [0, 0.1) is 3.57 Å². The first-order chi connectivity index (χ1) is 9.27. The first-order valence-electron chi connectivity index (χ1n) is 5.87. The fourth-order valence-electron chi connectivity index (χ4n) is 1.52. The highest BCUT2D eigenvalue weighted by molar-refractivity contribution is 14.1. The van der Waals surface area contributed by atoms with E-state index in [4.69, 9.17) is 9.47 Å². The number of para-hydroxylation sites is 1. The second-order valence-corrected chi connectivity index (χ2v) is 4.94. The summed E-state index contributed by atoms with van der Waals surface area (Å²) in [6.07, 6.45) is 0. The predicted molar refractivity (Wildman–Crippen MR) is 81.4 cm³/mol. The highest BCUT2D eigenvalue weighted by Crippen LogP contribution is 2.12. The molecule has 0 fully saturated rings. The van der Waals surface area contributed by atoms with E-state index in [2.05, 4.69) is 22.6 Å². The normalized spacial score (nSPS) is 9.95. The Morgan fingerprint density at radius 3 is 2.37 bits per heavy atom. The van der Waals surface area contributed by atoms with Crippen LogP contribution < -0.4 is 4.74 Å². The maximum Gasteiger partial charge on any atom is 0.339 e. The highest BCUT2D eigenvalue weighted by Gasteiger charge is 2.10. The lowest BCUT2D eigenvalue weighted by Gasteiger charge is -2.08. The van der Waals surface area contributed by atoms with Crippen molar-refractivity contribution >= 4 is 28.6 Å². The SMILES string of the molecule is O=C(OCCOc1ccccc1)c1ccccc1I. The third-order valence-electron chi connectivity index (χ3n) is 2.42. The molecule has 0 saturated heterocycles. The van der Waals surface area contributed by atoms with Crippen LogP contribution in [-0.4, -0.2) is 19.2 Å². The number of hydrogen-bond acceptors (Lipinski definition) is 3. The lowest BCUT2D eigenvalue weighted by Crippen LogP contribution is -2.13. The summed E-state index contributed by atoms with van der Waals surface area (Å²) in [5.74, 6) is 0.453. The largest absolute Gasteiger partial charge is 0.490 e. The van der Waals surface area contributed by atoms with E-state index >= 15 is 0 Å². The number of ether oxygens (including phenoxy) is 2. The van der Waals surface area contributed by atoms with Gasteiger partial charge in [-0.2, -0.15) is 0 Å². The Hall–Kier alpha value is -1.56. The zero-order valence-electron chi connectivity index (χ0n) is 10.2. The number of halogens is 1. The van der Waals surface area contributed by atoms with Crippen LogP contribution in [0.1, 0.15) is 10.4 Å². The molecule has 0 aromatic heterocycles. The second-order valence-electron chi connectivity index (χ2n) is 3.78. The first-order valence-corrected chi connectivity index (χ1v) is 6.95. The number of carbonyl (C=O) groups excluding carboxylic acids is 1. The minimum atomic E-state index is -0.318. The van der Waals surface area contributed by atoms with Gasteiger partial charge in [-0.3, -0.25) is 0 Å². The van der Waals surface area contributed by atoms with Crippen molar-refractivity contribution in [3.05, 3.63) is 63.7 Å². The standard InChI is InChI=1S/C15H13IO3/c16-14-9-5-4-8-13(14)15(17)19-11-10-18-12-6-2-1-3-7-12/h1-9H,10-11H2. The number of carbonyl (C=O) groups is 1. The summed E-state index contributed by atoms with van der Waals surface area (Å²) in [5, 5.41) is 0. The van der Waals surface area contributed by atoms with Crippen LogP contribution in [0.5, 0.6) is 5.75 Å². The molecule has 2 aromatic rings. The summed E-state index contributed by atoms with van der Waals surface area (Å²) in [6, 6.07) is 16.8.